The number of hydrogen-bond donors (Lipinski definition) is 2. The molecule has 0 amide bonds. The van der Waals surface area contributed by atoms with E-state index >= 15 is 0 Å². The van der Waals surface area contributed by atoms with Crippen molar-refractivity contribution in [2.45, 2.75) is 32.4 Å². The number of methoxy groups -OCH3 is 1. The highest BCUT2D eigenvalue weighted by Crippen LogP contribution is 2.18. The molecular weight excluding hydrogens is 301 g/mol. The molecule has 1 fully saturated rings. The minimum absolute atomic E-state index is 0. The Morgan fingerprint density at radius 2 is 2.15 bits per heavy atom. The lowest BCUT2D eigenvalue weighted by Gasteiger charge is -2.20. The third-order valence-corrected chi connectivity index (χ3v) is 3.21. The number of anilines is 1. The molecular formula is C13H21Cl2N3O2. The van der Waals surface area contributed by atoms with Crippen molar-refractivity contribution in [2.75, 3.05) is 19.0 Å². The van der Waals surface area contributed by atoms with Gasteiger partial charge in [-0.2, -0.15) is 0 Å². The zero-order valence-electron chi connectivity index (χ0n) is 11.8. The molecule has 1 aliphatic heterocycles. The van der Waals surface area contributed by atoms with E-state index in [2.05, 4.69) is 21.7 Å². The van der Waals surface area contributed by atoms with Crippen molar-refractivity contribution in [2.24, 2.45) is 0 Å². The molecule has 1 aliphatic rings. The van der Waals surface area contributed by atoms with Gasteiger partial charge in [0.2, 0.25) is 0 Å². The van der Waals surface area contributed by atoms with Gasteiger partial charge >= 0.3 is 5.97 Å². The van der Waals surface area contributed by atoms with Gasteiger partial charge in [0.15, 0.2) is 0 Å². The summed E-state index contributed by atoms with van der Waals surface area (Å²) in [5.41, 5.74) is 2.22. The highest BCUT2D eigenvalue weighted by molar-refractivity contribution is 5.85. The number of halogens is 2. The number of ether oxygens (including phenoxy) is 1. The van der Waals surface area contributed by atoms with Crippen LogP contribution in [0.2, 0.25) is 0 Å². The molecule has 0 aliphatic carbocycles. The van der Waals surface area contributed by atoms with Gasteiger partial charge in [-0.05, 0) is 37.9 Å². The summed E-state index contributed by atoms with van der Waals surface area (Å²) >= 11 is 0. The average molecular weight is 322 g/mol. The average Bonchev–Trinajstić information content (AvgIpc) is 2.80. The fourth-order valence-electron chi connectivity index (χ4n) is 2.28. The van der Waals surface area contributed by atoms with Crippen LogP contribution in [0.25, 0.3) is 0 Å². The number of esters is 1. The highest BCUT2D eigenvalue weighted by Gasteiger charge is 2.33. The monoisotopic (exact) mass is 321 g/mol. The van der Waals surface area contributed by atoms with Crippen LogP contribution in [0.1, 0.15) is 17.5 Å². The van der Waals surface area contributed by atoms with Gasteiger partial charge in [-0.1, -0.05) is 6.07 Å². The van der Waals surface area contributed by atoms with E-state index < -0.39 is 0 Å². The van der Waals surface area contributed by atoms with Gasteiger partial charge in [0.05, 0.1) is 13.2 Å². The summed E-state index contributed by atoms with van der Waals surface area (Å²) in [5, 5.41) is 6.47. The Bertz CT molecular complexity index is 457. The molecule has 0 spiro atoms. The van der Waals surface area contributed by atoms with Crippen molar-refractivity contribution in [1.29, 1.82) is 0 Å². The van der Waals surface area contributed by atoms with E-state index in [-0.39, 0.29) is 42.9 Å². The van der Waals surface area contributed by atoms with E-state index in [0.29, 0.717) is 0 Å². The van der Waals surface area contributed by atoms with Crippen molar-refractivity contribution in [1.82, 2.24) is 10.3 Å². The molecule has 1 aromatic heterocycles. The summed E-state index contributed by atoms with van der Waals surface area (Å²) in [6.07, 6.45) is 2.71. The Morgan fingerprint density at radius 1 is 1.45 bits per heavy atom. The Morgan fingerprint density at radius 3 is 2.75 bits per heavy atom. The van der Waals surface area contributed by atoms with Crippen LogP contribution in [0.3, 0.4) is 0 Å². The SMILES string of the molecule is COC(=O)[C@H]1NCC[C@@H]1Nc1ncc(C)cc1C.Cl.Cl. The van der Waals surface area contributed by atoms with Gasteiger partial charge in [0.25, 0.3) is 0 Å². The van der Waals surface area contributed by atoms with Crippen molar-refractivity contribution < 1.29 is 9.53 Å². The Hall–Kier alpha value is -1.04. The molecule has 2 N–H and O–H groups in total. The number of aromatic nitrogens is 1. The number of hydrogen-bond acceptors (Lipinski definition) is 5. The number of pyridine rings is 1. The number of nitrogens with zero attached hydrogens (tertiary/aromatic N) is 1. The molecule has 0 bridgehead atoms. The van der Waals surface area contributed by atoms with Crippen LogP contribution in [0.5, 0.6) is 0 Å². The zero-order valence-corrected chi connectivity index (χ0v) is 13.4. The van der Waals surface area contributed by atoms with Crippen molar-refractivity contribution in [3.63, 3.8) is 0 Å². The van der Waals surface area contributed by atoms with E-state index in [1.807, 2.05) is 20.0 Å². The summed E-state index contributed by atoms with van der Waals surface area (Å²) in [6.45, 7) is 4.83. The molecule has 0 saturated carbocycles. The Kier molecular flexibility index (Phi) is 7.86. The summed E-state index contributed by atoms with van der Waals surface area (Å²) < 4.78 is 4.79. The molecule has 5 nitrogen and oxygen atoms in total. The molecule has 1 saturated heterocycles. The fourth-order valence-corrected chi connectivity index (χ4v) is 2.28. The molecule has 0 unspecified atom stereocenters. The normalized spacial score (nSPS) is 20.6. The van der Waals surface area contributed by atoms with Gasteiger partial charge in [-0.25, -0.2) is 4.98 Å². The first kappa shape index (κ1) is 19.0. The van der Waals surface area contributed by atoms with Crippen LogP contribution < -0.4 is 10.6 Å². The molecule has 2 rings (SSSR count). The van der Waals surface area contributed by atoms with Crippen LogP contribution in [-0.2, 0) is 9.53 Å². The topological polar surface area (TPSA) is 63.2 Å². The Balaban J connectivity index is 0.00000180. The van der Waals surface area contributed by atoms with E-state index in [1.165, 1.54) is 7.11 Å². The number of carbonyl (C=O) groups is 1. The number of nitrogens with one attached hydrogen (secondary N) is 2. The molecule has 2 heterocycles. The van der Waals surface area contributed by atoms with E-state index in [4.69, 9.17) is 4.74 Å². The van der Waals surface area contributed by atoms with E-state index in [1.54, 1.807) is 0 Å². The molecule has 2 atom stereocenters. The van der Waals surface area contributed by atoms with E-state index in [0.717, 1.165) is 29.9 Å². The Labute approximate surface area is 131 Å². The molecule has 20 heavy (non-hydrogen) atoms. The van der Waals surface area contributed by atoms with Gasteiger partial charge < -0.3 is 15.4 Å². The van der Waals surface area contributed by atoms with Gasteiger partial charge in [0, 0.05) is 6.20 Å². The van der Waals surface area contributed by atoms with Crippen molar-refractivity contribution in [3.8, 4) is 0 Å². The van der Waals surface area contributed by atoms with Crippen LogP contribution >= 0.6 is 24.8 Å². The van der Waals surface area contributed by atoms with Crippen LogP contribution in [0.15, 0.2) is 12.3 Å². The van der Waals surface area contributed by atoms with Crippen molar-refractivity contribution in [3.05, 3.63) is 23.4 Å². The smallest absolute Gasteiger partial charge is 0.325 e. The third-order valence-electron chi connectivity index (χ3n) is 3.21. The molecule has 114 valence electrons. The number of aryl methyl sites for hydroxylation is 2. The van der Waals surface area contributed by atoms with Crippen molar-refractivity contribution >= 4 is 36.6 Å². The van der Waals surface area contributed by atoms with Crippen LogP contribution in [0.4, 0.5) is 5.82 Å². The van der Waals surface area contributed by atoms with Gasteiger partial charge in [0.1, 0.15) is 11.9 Å². The largest absolute Gasteiger partial charge is 0.468 e. The first-order valence-corrected chi connectivity index (χ1v) is 6.13. The lowest BCUT2D eigenvalue weighted by atomic mass is 10.1. The second-order valence-corrected chi connectivity index (χ2v) is 4.67. The van der Waals surface area contributed by atoms with Gasteiger partial charge in [-0.3, -0.25) is 4.79 Å². The minimum atomic E-state index is -0.294. The van der Waals surface area contributed by atoms with Crippen LogP contribution in [-0.4, -0.2) is 36.7 Å². The highest BCUT2D eigenvalue weighted by atomic mass is 35.5. The second kappa shape index (κ2) is 8.29. The summed E-state index contributed by atoms with van der Waals surface area (Å²) in [6, 6.07) is 1.81. The summed E-state index contributed by atoms with van der Waals surface area (Å²) in [4.78, 5) is 16.0. The van der Waals surface area contributed by atoms with Gasteiger partial charge in [-0.15, -0.1) is 24.8 Å². The first-order chi connectivity index (χ1) is 8.61. The second-order valence-electron chi connectivity index (χ2n) is 4.67. The maximum Gasteiger partial charge on any atom is 0.325 e. The lowest BCUT2D eigenvalue weighted by molar-refractivity contribution is -0.142. The lowest BCUT2D eigenvalue weighted by Crippen LogP contribution is -2.43. The summed E-state index contributed by atoms with van der Waals surface area (Å²) in [5.74, 6) is 0.609. The fraction of sp³-hybridized carbons (Fsp3) is 0.538. The summed E-state index contributed by atoms with van der Waals surface area (Å²) in [7, 11) is 1.41. The van der Waals surface area contributed by atoms with Crippen LogP contribution in [0, 0.1) is 13.8 Å². The third kappa shape index (κ3) is 4.23. The number of carbonyl (C=O) groups excluding carboxylic acids is 1. The maximum atomic E-state index is 11.6. The predicted molar refractivity (Wildman–Crippen MR) is 84.0 cm³/mol. The quantitative estimate of drug-likeness (QED) is 0.832. The first-order valence-electron chi connectivity index (χ1n) is 6.13. The number of rotatable bonds is 3. The molecule has 1 aromatic rings. The maximum absolute atomic E-state index is 11.6. The standard InChI is InChI=1S/C13H19N3O2.2ClH/c1-8-6-9(2)12(15-7-8)16-10-4-5-14-11(10)13(17)18-3;;/h6-7,10-11,14H,4-5H2,1-3H3,(H,15,16);2*1H/t10-,11-;;/m0../s1. The zero-order chi connectivity index (χ0) is 13.1. The van der Waals surface area contributed by atoms with E-state index in [9.17, 15) is 4.79 Å². The molecule has 0 radical (unpaired) electrons. The molecule has 0 aromatic carbocycles. The molecule has 7 heteroatoms. The predicted octanol–water partition coefficient (Wildman–Crippen LogP) is 1.86. The minimum Gasteiger partial charge on any atom is -0.468 e.